The molecule has 0 atom stereocenters. The first-order valence-corrected chi connectivity index (χ1v) is 5.39. The number of halogens is 1. The summed E-state index contributed by atoms with van der Waals surface area (Å²) < 4.78 is 5.42. The second kappa shape index (κ2) is 6.85. The molecule has 0 unspecified atom stereocenters. The summed E-state index contributed by atoms with van der Waals surface area (Å²) in [6.07, 6.45) is 3.28. The van der Waals surface area contributed by atoms with Crippen LogP contribution in [0, 0.1) is 0 Å². The third-order valence-corrected chi connectivity index (χ3v) is 2.29. The highest BCUT2D eigenvalue weighted by atomic mass is 35.5. The van der Waals surface area contributed by atoms with Crippen LogP contribution in [0.3, 0.4) is 0 Å². The Kier molecular flexibility index (Phi) is 5.37. The molecule has 0 N–H and O–H groups in total. The van der Waals surface area contributed by atoms with Crippen molar-refractivity contribution < 1.29 is 4.74 Å². The minimum atomic E-state index is 0.460. The van der Waals surface area contributed by atoms with Gasteiger partial charge in [0.1, 0.15) is 6.61 Å². The van der Waals surface area contributed by atoms with E-state index in [9.17, 15) is 0 Å². The Morgan fingerprint density at radius 1 is 1.31 bits per heavy atom. The van der Waals surface area contributed by atoms with Gasteiger partial charge in [-0.1, -0.05) is 36.9 Å². The summed E-state index contributed by atoms with van der Waals surface area (Å²) in [5, 5.41) is 0. The van der Waals surface area contributed by atoms with Crippen LogP contribution in [-0.4, -0.2) is 6.72 Å². The van der Waals surface area contributed by atoms with Crippen molar-refractivity contribution in [2.45, 2.75) is 12.5 Å². The van der Waals surface area contributed by atoms with Gasteiger partial charge < -0.3 is 4.74 Å². The lowest BCUT2D eigenvalue weighted by atomic mass is 10.2. The summed E-state index contributed by atoms with van der Waals surface area (Å²) >= 11 is 5.70. The molecule has 0 amide bonds. The Bertz CT molecular complexity index is 381. The van der Waals surface area contributed by atoms with Gasteiger partial charge in [0, 0.05) is 5.88 Å². The van der Waals surface area contributed by atoms with E-state index in [4.69, 9.17) is 16.3 Å². The van der Waals surface area contributed by atoms with Crippen LogP contribution in [-0.2, 0) is 17.2 Å². The van der Waals surface area contributed by atoms with Crippen molar-refractivity contribution in [3.63, 3.8) is 0 Å². The maximum atomic E-state index is 5.70. The van der Waals surface area contributed by atoms with Gasteiger partial charge in [0.15, 0.2) is 0 Å². The number of rotatable bonds is 6. The third kappa shape index (κ3) is 3.91. The lowest BCUT2D eigenvalue weighted by Crippen LogP contribution is -1.92. The first kappa shape index (κ1) is 12.5. The molecule has 0 spiro atoms. The van der Waals surface area contributed by atoms with Crippen molar-refractivity contribution in [2.24, 2.45) is 4.99 Å². The number of alkyl halides is 1. The van der Waals surface area contributed by atoms with Crippen molar-refractivity contribution in [1.29, 1.82) is 0 Å². The summed E-state index contributed by atoms with van der Waals surface area (Å²) in [7, 11) is 0. The van der Waals surface area contributed by atoms with Crippen LogP contribution in [0.15, 0.2) is 53.9 Å². The lowest BCUT2D eigenvalue weighted by molar-refractivity contribution is 0.197. The van der Waals surface area contributed by atoms with Gasteiger partial charge in [0.05, 0.1) is 0 Å². The van der Waals surface area contributed by atoms with Crippen LogP contribution in [0.2, 0.25) is 0 Å². The van der Waals surface area contributed by atoms with E-state index in [-0.39, 0.29) is 0 Å². The zero-order chi connectivity index (χ0) is 11.8. The first-order valence-electron chi connectivity index (χ1n) is 4.86. The molecule has 0 saturated carbocycles. The smallest absolute Gasteiger partial charge is 0.212 e. The van der Waals surface area contributed by atoms with E-state index in [1.54, 1.807) is 12.2 Å². The zero-order valence-corrected chi connectivity index (χ0v) is 9.78. The molecule has 2 nitrogen and oxygen atoms in total. The van der Waals surface area contributed by atoms with Crippen LogP contribution >= 0.6 is 11.6 Å². The van der Waals surface area contributed by atoms with Crippen LogP contribution in [0.25, 0.3) is 0 Å². The molecule has 0 aliphatic carbocycles. The zero-order valence-electron chi connectivity index (χ0n) is 9.03. The van der Waals surface area contributed by atoms with Gasteiger partial charge in [-0.25, -0.2) is 4.99 Å². The fourth-order valence-corrected chi connectivity index (χ4v) is 1.31. The highest BCUT2D eigenvalue weighted by molar-refractivity contribution is 6.17. The maximum absolute atomic E-state index is 5.70. The first-order chi connectivity index (χ1) is 7.80. The van der Waals surface area contributed by atoms with E-state index < -0.39 is 0 Å². The van der Waals surface area contributed by atoms with Gasteiger partial charge in [-0.15, -0.1) is 11.6 Å². The van der Waals surface area contributed by atoms with Crippen molar-refractivity contribution in [1.82, 2.24) is 0 Å². The Labute approximate surface area is 101 Å². The molecule has 0 radical (unpaired) electrons. The summed E-state index contributed by atoms with van der Waals surface area (Å²) in [4.78, 5) is 3.72. The topological polar surface area (TPSA) is 21.6 Å². The fourth-order valence-electron chi connectivity index (χ4n) is 1.13. The van der Waals surface area contributed by atoms with Crippen LogP contribution in [0.1, 0.15) is 11.1 Å². The average Bonchev–Trinajstić information content (AvgIpc) is 2.35. The number of aliphatic imine (C=N–C) groups is 1. The average molecular weight is 236 g/mol. The number of hydrogen-bond donors (Lipinski definition) is 0. The van der Waals surface area contributed by atoms with Crippen molar-refractivity contribution >= 4 is 18.3 Å². The molecule has 84 valence electrons. The van der Waals surface area contributed by atoms with Gasteiger partial charge >= 0.3 is 0 Å². The molecule has 3 heteroatoms. The molecule has 0 bridgehead atoms. The van der Waals surface area contributed by atoms with Gasteiger partial charge in [0.25, 0.3) is 0 Å². The van der Waals surface area contributed by atoms with Crippen LogP contribution in [0.5, 0.6) is 0 Å². The molecule has 1 aromatic rings. The molecular weight excluding hydrogens is 222 g/mol. The summed E-state index contributed by atoms with van der Waals surface area (Å²) in [5.74, 6) is 0.994. The van der Waals surface area contributed by atoms with Gasteiger partial charge in [-0.05, 0) is 23.9 Å². The van der Waals surface area contributed by atoms with Crippen LogP contribution < -0.4 is 0 Å². The maximum Gasteiger partial charge on any atom is 0.212 e. The molecule has 0 aromatic heterocycles. The Hall–Kier alpha value is -1.54. The van der Waals surface area contributed by atoms with Gasteiger partial charge in [-0.2, -0.15) is 0 Å². The summed E-state index contributed by atoms with van der Waals surface area (Å²) in [6, 6.07) is 7.91. The molecule has 16 heavy (non-hydrogen) atoms. The second-order valence-corrected chi connectivity index (χ2v) is 3.40. The second-order valence-electron chi connectivity index (χ2n) is 3.14. The Morgan fingerprint density at radius 2 is 1.94 bits per heavy atom. The Balaban J connectivity index is 2.56. The van der Waals surface area contributed by atoms with Gasteiger partial charge in [-0.3, -0.25) is 0 Å². The monoisotopic (exact) mass is 235 g/mol. The minimum Gasteiger partial charge on any atom is -0.473 e. The van der Waals surface area contributed by atoms with E-state index in [0.717, 1.165) is 11.1 Å². The highest BCUT2D eigenvalue weighted by Crippen LogP contribution is 2.10. The molecule has 0 aliphatic heterocycles. The summed E-state index contributed by atoms with van der Waals surface area (Å²) in [6.45, 7) is 7.44. The number of ether oxygens (including phenoxy) is 1. The number of benzene rings is 1. The van der Waals surface area contributed by atoms with E-state index in [1.807, 2.05) is 24.3 Å². The SMILES string of the molecule is C=C/C=C(\N=C)OCc1ccc(CCl)cc1. The van der Waals surface area contributed by atoms with E-state index in [0.29, 0.717) is 18.4 Å². The minimum absolute atomic E-state index is 0.460. The van der Waals surface area contributed by atoms with E-state index in [2.05, 4.69) is 18.3 Å². The van der Waals surface area contributed by atoms with Crippen molar-refractivity contribution in [2.75, 3.05) is 0 Å². The predicted octanol–water partition coefficient (Wildman–Crippen LogP) is 3.67. The molecule has 0 fully saturated rings. The molecule has 1 aromatic carbocycles. The highest BCUT2D eigenvalue weighted by Gasteiger charge is 1.96. The predicted molar refractivity (Wildman–Crippen MR) is 68.6 cm³/mol. The van der Waals surface area contributed by atoms with E-state index >= 15 is 0 Å². The molecule has 0 heterocycles. The quantitative estimate of drug-likeness (QED) is 0.319. The molecule has 0 aliphatic rings. The Morgan fingerprint density at radius 3 is 2.44 bits per heavy atom. The van der Waals surface area contributed by atoms with Crippen molar-refractivity contribution in [3.05, 3.63) is 60.0 Å². The normalized spacial score (nSPS) is 10.9. The number of nitrogens with zero attached hydrogens (tertiary/aromatic N) is 1. The largest absolute Gasteiger partial charge is 0.473 e. The van der Waals surface area contributed by atoms with Crippen molar-refractivity contribution in [3.8, 4) is 0 Å². The summed E-state index contributed by atoms with van der Waals surface area (Å²) in [5.41, 5.74) is 2.15. The number of allylic oxidation sites excluding steroid dienone is 2. The molecule has 1 rings (SSSR count). The third-order valence-electron chi connectivity index (χ3n) is 1.98. The lowest BCUT2D eigenvalue weighted by Gasteiger charge is -2.05. The molecular formula is C13H14ClNO. The molecule has 0 saturated heterocycles. The van der Waals surface area contributed by atoms with E-state index in [1.165, 1.54) is 0 Å². The fraction of sp³-hybridized carbons (Fsp3) is 0.154. The van der Waals surface area contributed by atoms with Crippen LogP contribution in [0.4, 0.5) is 0 Å². The standard InChI is InChI=1S/C13H14ClNO/c1-3-4-13(15-2)16-10-12-7-5-11(9-14)6-8-12/h3-8H,1-2,9-10H2/b13-4+. The van der Waals surface area contributed by atoms with Gasteiger partial charge in [0.2, 0.25) is 5.88 Å². The number of hydrogen-bond acceptors (Lipinski definition) is 2.